The van der Waals surface area contributed by atoms with E-state index in [1.54, 1.807) is 55.6 Å². The molecule has 0 aliphatic carbocycles. The van der Waals surface area contributed by atoms with Gasteiger partial charge in [0, 0.05) is 11.1 Å². The highest BCUT2D eigenvalue weighted by molar-refractivity contribution is 6.23. The lowest BCUT2D eigenvalue weighted by Gasteiger charge is -2.39. The molecular weight excluding hydrogens is 384 g/mol. The Morgan fingerprint density at radius 1 is 1.00 bits per heavy atom. The van der Waals surface area contributed by atoms with Gasteiger partial charge in [0.15, 0.2) is 0 Å². The van der Waals surface area contributed by atoms with Crippen LogP contribution in [-0.4, -0.2) is 48.4 Å². The molecule has 2 aromatic carbocycles. The zero-order chi connectivity index (χ0) is 22.1. The number of carbonyl (C=O) groups is 3. The second-order valence-electron chi connectivity index (χ2n) is 8.06. The van der Waals surface area contributed by atoms with Crippen LogP contribution in [0.15, 0.2) is 48.5 Å². The van der Waals surface area contributed by atoms with Gasteiger partial charge in [0.1, 0.15) is 17.5 Å². The first kappa shape index (κ1) is 21.4. The van der Waals surface area contributed by atoms with Gasteiger partial charge in [-0.3, -0.25) is 14.4 Å². The van der Waals surface area contributed by atoms with Gasteiger partial charge in [0.05, 0.1) is 26.3 Å². The predicted molar refractivity (Wildman–Crippen MR) is 113 cm³/mol. The standard InChI is InChI=1S/C23H26N2O5/c1-23(2,3)25(21(27)15-7-6-8-18(13-15)30-5)19-14-20(26)24(22(19)28)16-9-11-17(29-4)12-10-16/h6-13,19H,14H2,1-5H3. The van der Waals surface area contributed by atoms with Crippen molar-refractivity contribution in [2.24, 2.45) is 0 Å². The number of rotatable bonds is 5. The van der Waals surface area contributed by atoms with E-state index in [9.17, 15) is 14.4 Å². The van der Waals surface area contributed by atoms with E-state index in [4.69, 9.17) is 9.47 Å². The zero-order valence-electron chi connectivity index (χ0n) is 17.8. The fraction of sp³-hybridized carbons (Fsp3) is 0.348. The first-order chi connectivity index (χ1) is 14.2. The molecule has 1 heterocycles. The average molecular weight is 410 g/mol. The number of nitrogens with zero attached hydrogens (tertiary/aromatic N) is 2. The van der Waals surface area contributed by atoms with Gasteiger partial charge in [-0.2, -0.15) is 0 Å². The highest BCUT2D eigenvalue weighted by atomic mass is 16.5. The van der Waals surface area contributed by atoms with Crippen molar-refractivity contribution in [1.82, 2.24) is 4.90 Å². The summed E-state index contributed by atoms with van der Waals surface area (Å²) in [7, 11) is 3.07. The van der Waals surface area contributed by atoms with E-state index in [2.05, 4.69) is 0 Å². The molecule has 1 aliphatic heterocycles. The van der Waals surface area contributed by atoms with Crippen LogP contribution in [0, 0.1) is 0 Å². The molecule has 1 aliphatic rings. The Kier molecular flexibility index (Phi) is 5.82. The molecule has 0 bridgehead atoms. The molecule has 2 aromatic rings. The second kappa shape index (κ2) is 8.18. The maximum absolute atomic E-state index is 13.4. The molecule has 3 amide bonds. The summed E-state index contributed by atoms with van der Waals surface area (Å²) in [5.74, 6) is 0.0747. The van der Waals surface area contributed by atoms with Crippen LogP contribution >= 0.6 is 0 Å². The molecule has 3 rings (SSSR count). The van der Waals surface area contributed by atoms with E-state index in [0.717, 1.165) is 4.90 Å². The van der Waals surface area contributed by atoms with Crippen molar-refractivity contribution in [2.45, 2.75) is 38.8 Å². The minimum Gasteiger partial charge on any atom is -0.497 e. The Morgan fingerprint density at radius 3 is 2.20 bits per heavy atom. The molecule has 0 saturated carbocycles. The molecule has 30 heavy (non-hydrogen) atoms. The summed E-state index contributed by atoms with van der Waals surface area (Å²) in [4.78, 5) is 42.1. The van der Waals surface area contributed by atoms with Crippen LogP contribution in [0.1, 0.15) is 37.6 Å². The molecule has 0 spiro atoms. The second-order valence-corrected chi connectivity index (χ2v) is 8.06. The summed E-state index contributed by atoms with van der Waals surface area (Å²) in [6.45, 7) is 5.54. The van der Waals surface area contributed by atoms with Crippen molar-refractivity contribution in [2.75, 3.05) is 19.1 Å². The largest absolute Gasteiger partial charge is 0.497 e. The van der Waals surface area contributed by atoms with Crippen molar-refractivity contribution in [3.63, 3.8) is 0 Å². The lowest BCUT2D eigenvalue weighted by atomic mass is 9.99. The SMILES string of the molecule is COc1ccc(N2C(=O)CC(N(C(=O)c3cccc(OC)c3)C(C)(C)C)C2=O)cc1. The van der Waals surface area contributed by atoms with E-state index >= 15 is 0 Å². The van der Waals surface area contributed by atoms with Gasteiger partial charge in [0.2, 0.25) is 5.91 Å². The minimum absolute atomic E-state index is 0.0716. The van der Waals surface area contributed by atoms with Crippen LogP contribution in [-0.2, 0) is 9.59 Å². The number of hydrogen-bond donors (Lipinski definition) is 0. The third kappa shape index (κ3) is 4.01. The summed E-state index contributed by atoms with van der Waals surface area (Å²) in [6, 6.07) is 12.6. The molecule has 1 saturated heterocycles. The summed E-state index contributed by atoms with van der Waals surface area (Å²) in [5, 5.41) is 0. The highest BCUT2D eigenvalue weighted by Crippen LogP contribution is 2.32. The third-order valence-electron chi connectivity index (χ3n) is 5.02. The van der Waals surface area contributed by atoms with Crippen molar-refractivity contribution in [3.8, 4) is 11.5 Å². The molecular formula is C23H26N2O5. The van der Waals surface area contributed by atoms with Crippen LogP contribution in [0.3, 0.4) is 0 Å². The molecule has 0 aromatic heterocycles. The predicted octanol–water partition coefficient (Wildman–Crippen LogP) is 3.28. The topological polar surface area (TPSA) is 76.2 Å². The van der Waals surface area contributed by atoms with Crippen molar-refractivity contribution < 1.29 is 23.9 Å². The first-order valence-electron chi connectivity index (χ1n) is 9.66. The third-order valence-corrected chi connectivity index (χ3v) is 5.02. The summed E-state index contributed by atoms with van der Waals surface area (Å²) in [6.07, 6.45) is -0.0716. The van der Waals surface area contributed by atoms with E-state index in [0.29, 0.717) is 22.7 Å². The Bertz CT molecular complexity index is 962. The van der Waals surface area contributed by atoms with Crippen molar-refractivity contribution in [3.05, 3.63) is 54.1 Å². The Labute approximate surface area is 176 Å². The summed E-state index contributed by atoms with van der Waals surface area (Å²) in [5.41, 5.74) is 0.167. The molecule has 1 fully saturated rings. The van der Waals surface area contributed by atoms with Gasteiger partial charge in [0.25, 0.3) is 11.8 Å². The normalized spacial score (nSPS) is 16.6. The number of ether oxygens (including phenoxy) is 2. The molecule has 7 heteroatoms. The van der Waals surface area contributed by atoms with E-state index in [1.165, 1.54) is 12.0 Å². The molecule has 158 valence electrons. The van der Waals surface area contributed by atoms with Gasteiger partial charge < -0.3 is 14.4 Å². The van der Waals surface area contributed by atoms with Crippen molar-refractivity contribution >= 4 is 23.4 Å². The lowest BCUT2D eigenvalue weighted by Crippen LogP contribution is -2.54. The highest BCUT2D eigenvalue weighted by Gasteiger charge is 2.47. The van der Waals surface area contributed by atoms with Gasteiger partial charge in [-0.05, 0) is 63.2 Å². The zero-order valence-corrected chi connectivity index (χ0v) is 17.8. The summed E-state index contributed by atoms with van der Waals surface area (Å²) < 4.78 is 10.4. The quantitative estimate of drug-likeness (QED) is 0.707. The molecule has 0 N–H and O–H groups in total. The van der Waals surface area contributed by atoms with E-state index in [-0.39, 0.29) is 18.2 Å². The molecule has 7 nitrogen and oxygen atoms in total. The Balaban J connectivity index is 1.95. The number of methoxy groups -OCH3 is 2. The van der Waals surface area contributed by atoms with Crippen LogP contribution in [0.4, 0.5) is 5.69 Å². The monoisotopic (exact) mass is 410 g/mol. The first-order valence-corrected chi connectivity index (χ1v) is 9.66. The molecule has 0 radical (unpaired) electrons. The number of imide groups is 1. The number of hydrogen-bond acceptors (Lipinski definition) is 5. The van der Waals surface area contributed by atoms with Crippen LogP contribution < -0.4 is 14.4 Å². The fourth-order valence-electron chi connectivity index (χ4n) is 3.63. The van der Waals surface area contributed by atoms with Gasteiger partial charge in [-0.1, -0.05) is 6.07 Å². The van der Waals surface area contributed by atoms with Gasteiger partial charge >= 0.3 is 0 Å². The molecule has 1 atom stereocenters. The number of amides is 3. The fourth-order valence-corrected chi connectivity index (χ4v) is 3.63. The van der Waals surface area contributed by atoms with Gasteiger partial charge in [-0.15, -0.1) is 0 Å². The average Bonchev–Trinajstić information content (AvgIpc) is 3.00. The smallest absolute Gasteiger partial charge is 0.257 e. The van der Waals surface area contributed by atoms with Crippen LogP contribution in [0.5, 0.6) is 11.5 Å². The maximum Gasteiger partial charge on any atom is 0.257 e. The maximum atomic E-state index is 13.4. The van der Waals surface area contributed by atoms with Crippen LogP contribution in [0.2, 0.25) is 0 Å². The number of carbonyl (C=O) groups excluding carboxylic acids is 3. The van der Waals surface area contributed by atoms with Crippen LogP contribution in [0.25, 0.3) is 0 Å². The number of anilines is 1. The van der Waals surface area contributed by atoms with E-state index < -0.39 is 17.5 Å². The van der Waals surface area contributed by atoms with Crippen molar-refractivity contribution in [1.29, 1.82) is 0 Å². The Morgan fingerprint density at radius 2 is 1.63 bits per heavy atom. The lowest BCUT2D eigenvalue weighted by molar-refractivity contribution is -0.123. The van der Waals surface area contributed by atoms with Gasteiger partial charge in [-0.25, -0.2) is 4.90 Å². The number of benzene rings is 2. The van der Waals surface area contributed by atoms with E-state index in [1.807, 2.05) is 20.8 Å². The summed E-state index contributed by atoms with van der Waals surface area (Å²) >= 11 is 0. The molecule has 1 unspecified atom stereocenters. The minimum atomic E-state index is -0.890. The Hall–Kier alpha value is -3.35.